The van der Waals surface area contributed by atoms with Crippen molar-refractivity contribution in [3.05, 3.63) is 0 Å². The summed E-state index contributed by atoms with van der Waals surface area (Å²) in [6, 6.07) is 0.524. The molecule has 1 rings (SSSR count). The van der Waals surface area contributed by atoms with Crippen LogP contribution >= 0.6 is 0 Å². The molecule has 1 fully saturated rings. The Morgan fingerprint density at radius 2 is 2.06 bits per heavy atom. The Balaban J connectivity index is 2.32. The van der Waals surface area contributed by atoms with Gasteiger partial charge in [-0.2, -0.15) is 0 Å². The zero-order valence-corrected chi connectivity index (χ0v) is 12.5. The third-order valence-corrected chi connectivity index (χ3v) is 3.72. The monoisotopic (exact) mass is 255 g/mol. The van der Waals surface area contributed by atoms with E-state index in [2.05, 4.69) is 25.7 Å². The highest BCUT2D eigenvalue weighted by atomic mass is 16.5. The fourth-order valence-corrected chi connectivity index (χ4v) is 2.64. The maximum atomic E-state index is 11.2. The number of carbonyl (C=O) groups is 1. The Labute approximate surface area is 112 Å². The molecule has 1 aliphatic rings. The zero-order chi connectivity index (χ0) is 13.6. The minimum Gasteiger partial charge on any atom is -0.379 e. The van der Waals surface area contributed by atoms with E-state index in [9.17, 15) is 4.79 Å². The SMILES string of the molecule is CCC(=O)CCOCC1CCCCN1C(C)(C)C. The van der Waals surface area contributed by atoms with E-state index in [4.69, 9.17) is 4.74 Å². The average molecular weight is 255 g/mol. The van der Waals surface area contributed by atoms with Gasteiger partial charge in [0.1, 0.15) is 5.78 Å². The van der Waals surface area contributed by atoms with Crippen LogP contribution in [-0.2, 0) is 9.53 Å². The van der Waals surface area contributed by atoms with Crippen molar-refractivity contribution in [1.82, 2.24) is 4.90 Å². The summed E-state index contributed by atoms with van der Waals surface area (Å²) in [6.45, 7) is 11.2. The molecule has 0 radical (unpaired) electrons. The standard InChI is InChI=1S/C15H29NO2/c1-5-14(17)9-11-18-12-13-8-6-7-10-16(13)15(2,3)4/h13H,5-12H2,1-4H3. The first-order chi connectivity index (χ1) is 8.45. The van der Waals surface area contributed by atoms with E-state index in [-0.39, 0.29) is 5.54 Å². The minimum absolute atomic E-state index is 0.216. The Kier molecular flexibility index (Phi) is 6.30. The van der Waals surface area contributed by atoms with Crippen LogP contribution in [0.3, 0.4) is 0 Å². The third kappa shape index (κ3) is 5.07. The van der Waals surface area contributed by atoms with E-state index in [0.29, 0.717) is 31.3 Å². The van der Waals surface area contributed by atoms with E-state index >= 15 is 0 Å². The van der Waals surface area contributed by atoms with Gasteiger partial charge in [-0.05, 0) is 40.2 Å². The second-order valence-corrected chi connectivity index (χ2v) is 6.23. The predicted molar refractivity (Wildman–Crippen MR) is 74.8 cm³/mol. The van der Waals surface area contributed by atoms with Gasteiger partial charge in [-0.1, -0.05) is 13.3 Å². The number of piperidine rings is 1. The zero-order valence-electron chi connectivity index (χ0n) is 12.5. The molecule has 1 saturated heterocycles. The van der Waals surface area contributed by atoms with Crippen LogP contribution in [0.4, 0.5) is 0 Å². The van der Waals surface area contributed by atoms with Gasteiger partial charge in [-0.3, -0.25) is 9.69 Å². The Hall–Kier alpha value is -0.410. The minimum atomic E-state index is 0.216. The van der Waals surface area contributed by atoms with Crippen LogP contribution in [0.15, 0.2) is 0 Å². The maximum absolute atomic E-state index is 11.2. The van der Waals surface area contributed by atoms with E-state index in [1.54, 1.807) is 0 Å². The number of ether oxygens (including phenoxy) is 1. The number of ketones is 1. The van der Waals surface area contributed by atoms with Crippen LogP contribution in [0.1, 0.15) is 59.8 Å². The van der Waals surface area contributed by atoms with Gasteiger partial charge in [0.2, 0.25) is 0 Å². The van der Waals surface area contributed by atoms with Crippen molar-refractivity contribution in [3.63, 3.8) is 0 Å². The van der Waals surface area contributed by atoms with Crippen molar-refractivity contribution >= 4 is 5.78 Å². The van der Waals surface area contributed by atoms with Crippen LogP contribution in [0.25, 0.3) is 0 Å². The number of hydrogen-bond donors (Lipinski definition) is 0. The number of rotatable bonds is 6. The van der Waals surface area contributed by atoms with Crippen molar-refractivity contribution in [3.8, 4) is 0 Å². The lowest BCUT2D eigenvalue weighted by molar-refractivity contribution is -0.120. The molecule has 1 aliphatic heterocycles. The first kappa shape index (κ1) is 15.6. The summed E-state index contributed by atoms with van der Waals surface area (Å²) in [6.07, 6.45) is 5.01. The highest BCUT2D eigenvalue weighted by Gasteiger charge is 2.30. The molecule has 1 atom stereocenters. The van der Waals surface area contributed by atoms with Gasteiger partial charge in [0.25, 0.3) is 0 Å². The summed E-state index contributed by atoms with van der Waals surface area (Å²) in [7, 11) is 0. The van der Waals surface area contributed by atoms with Gasteiger partial charge in [-0.25, -0.2) is 0 Å². The van der Waals surface area contributed by atoms with Crippen molar-refractivity contribution in [1.29, 1.82) is 0 Å². The van der Waals surface area contributed by atoms with Crippen LogP contribution < -0.4 is 0 Å². The van der Waals surface area contributed by atoms with Gasteiger partial charge >= 0.3 is 0 Å². The second kappa shape index (κ2) is 7.25. The molecule has 3 heteroatoms. The topological polar surface area (TPSA) is 29.5 Å². The molecule has 0 N–H and O–H groups in total. The molecule has 0 aromatic carbocycles. The predicted octanol–water partition coefficient (Wildman–Crippen LogP) is 3.03. The molecule has 0 aromatic rings. The number of carbonyl (C=O) groups excluding carboxylic acids is 1. The molecule has 0 aliphatic carbocycles. The van der Waals surface area contributed by atoms with Crippen molar-refractivity contribution in [2.45, 2.75) is 71.4 Å². The molecule has 0 spiro atoms. The second-order valence-electron chi connectivity index (χ2n) is 6.23. The van der Waals surface area contributed by atoms with Crippen LogP contribution in [0, 0.1) is 0 Å². The average Bonchev–Trinajstić information content (AvgIpc) is 2.33. The molecule has 18 heavy (non-hydrogen) atoms. The van der Waals surface area contributed by atoms with Gasteiger partial charge in [-0.15, -0.1) is 0 Å². The van der Waals surface area contributed by atoms with Crippen LogP contribution in [0.5, 0.6) is 0 Å². The van der Waals surface area contributed by atoms with E-state index in [1.165, 1.54) is 25.8 Å². The summed E-state index contributed by atoms with van der Waals surface area (Å²) in [5.74, 6) is 0.298. The lowest BCUT2D eigenvalue weighted by Crippen LogP contribution is -2.52. The van der Waals surface area contributed by atoms with Crippen molar-refractivity contribution in [2.75, 3.05) is 19.8 Å². The molecule has 3 nitrogen and oxygen atoms in total. The number of likely N-dealkylation sites (tertiary alicyclic amines) is 1. The Morgan fingerprint density at radius 1 is 1.33 bits per heavy atom. The first-order valence-electron chi connectivity index (χ1n) is 7.31. The van der Waals surface area contributed by atoms with E-state index in [0.717, 1.165) is 6.61 Å². The Morgan fingerprint density at radius 3 is 2.67 bits per heavy atom. The number of Topliss-reactive ketones (excluding diaryl/α,β-unsaturated/α-hetero) is 1. The molecule has 1 unspecified atom stereocenters. The van der Waals surface area contributed by atoms with E-state index in [1.807, 2.05) is 6.92 Å². The summed E-state index contributed by atoms with van der Waals surface area (Å²) >= 11 is 0. The normalized spacial score (nSPS) is 22.1. The highest BCUT2D eigenvalue weighted by Crippen LogP contribution is 2.25. The molecule has 0 aromatic heterocycles. The maximum Gasteiger partial charge on any atom is 0.134 e. The summed E-state index contributed by atoms with van der Waals surface area (Å²) in [5, 5.41) is 0. The van der Waals surface area contributed by atoms with Gasteiger partial charge < -0.3 is 4.74 Å². The smallest absolute Gasteiger partial charge is 0.134 e. The van der Waals surface area contributed by atoms with Gasteiger partial charge in [0, 0.05) is 24.4 Å². The number of hydrogen-bond acceptors (Lipinski definition) is 3. The fourth-order valence-electron chi connectivity index (χ4n) is 2.64. The molecular weight excluding hydrogens is 226 g/mol. The van der Waals surface area contributed by atoms with E-state index < -0.39 is 0 Å². The van der Waals surface area contributed by atoms with Crippen molar-refractivity contribution < 1.29 is 9.53 Å². The third-order valence-electron chi connectivity index (χ3n) is 3.72. The largest absolute Gasteiger partial charge is 0.379 e. The van der Waals surface area contributed by atoms with Gasteiger partial charge in [0.15, 0.2) is 0 Å². The molecule has 0 amide bonds. The fraction of sp³-hybridized carbons (Fsp3) is 0.933. The molecule has 1 heterocycles. The lowest BCUT2D eigenvalue weighted by Gasteiger charge is -2.44. The van der Waals surface area contributed by atoms with Crippen LogP contribution in [0.2, 0.25) is 0 Å². The number of nitrogens with zero attached hydrogens (tertiary/aromatic N) is 1. The molecule has 106 valence electrons. The Bertz CT molecular complexity index is 258. The quantitative estimate of drug-likeness (QED) is 0.683. The first-order valence-corrected chi connectivity index (χ1v) is 7.31. The van der Waals surface area contributed by atoms with Gasteiger partial charge in [0.05, 0.1) is 13.2 Å². The molecule has 0 bridgehead atoms. The van der Waals surface area contributed by atoms with Crippen LogP contribution in [-0.4, -0.2) is 42.0 Å². The molecule has 0 saturated carbocycles. The van der Waals surface area contributed by atoms with Crippen molar-refractivity contribution in [2.24, 2.45) is 0 Å². The highest BCUT2D eigenvalue weighted by molar-refractivity contribution is 5.78. The summed E-state index contributed by atoms with van der Waals surface area (Å²) in [5.41, 5.74) is 0.216. The summed E-state index contributed by atoms with van der Waals surface area (Å²) < 4.78 is 5.71. The molecular formula is C15H29NO2. The lowest BCUT2D eigenvalue weighted by atomic mass is 9.95. The summed E-state index contributed by atoms with van der Waals surface area (Å²) in [4.78, 5) is 13.7.